The highest BCUT2D eigenvalue weighted by atomic mass is 16.4. The maximum absolute atomic E-state index is 12.1. The van der Waals surface area contributed by atoms with Crippen molar-refractivity contribution in [1.82, 2.24) is 19.4 Å². The molecule has 22 heavy (non-hydrogen) atoms. The molecule has 0 fully saturated rings. The summed E-state index contributed by atoms with van der Waals surface area (Å²) in [5, 5.41) is 11.0. The van der Waals surface area contributed by atoms with Gasteiger partial charge in [-0.1, -0.05) is 0 Å². The third-order valence-corrected chi connectivity index (χ3v) is 3.24. The molecule has 2 aromatic rings. The number of aromatic nitrogens is 3. The molecule has 0 unspecified atom stereocenters. The second kappa shape index (κ2) is 5.43. The molecule has 0 atom stereocenters. The van der Waals surface area contributed by atoms with Crippen LogP contribution in [0.3, 0.4) is 0 Å². The number of carbonyl (C=O) groups excluding carboxylic acids is 1. The van der Waals surface area contributed by atoms with Gasteiger partial charge in [0.15, 0.2) is 0 Å². The molecular weight excluding hydrogens is 292 g/mol. The summed E-state index contributed by atoms with van der Waals surface area (Å²) in [6.45, 7) is 1.07. The molecule has 0 radical (unpaired) electrons. The van der Waals surface area contributed by atoms with E-state index in [1.807, 2.05) is 0 Å². The number of hydrogen-bond acceptors (Lipinski definition) is 5. The van der Waals surface area contributed by atoms with Gasteiger partial charge in [-0.05, 0) is 18.6 Å². The molecule has 0 aromatic carbocycles. The van der Waals surface area contributed by atoms with Gasteiger partial charge in [0, 0.05) is 14.1 Å². The molecule has 9 nitrogen and oxygen atoms in total. The molecule has 0 aliphatic carbocycles. The highest BCUT2D eigenvalue weighted by Crippen LogP contribution is 2.12. The van der Waals surface area contributed by atoms with Crippen LogP contribution in [0.25, 0.3) is 11.0 Å². The van der Waals surface area contributed by atoms with Crippen molar-refractivity contribution >= 4 is 22.9 Å². The minimum absolute atomic E-state index is 0.0606. The van der Waals surface area contributed by atoms with Crippen LogP contribution in [0.1, 0.15) is 16.1 Å². The fourth-order valence-electron chi connectivity index (χ4n) is 2.10. The summed E-state index contributed by atoms with van der Waals surface area (Å²) in [5.74, 6) is -1.88. The smallest absolute Gasteiger partial charge is 0.332 e. The molecule has 0 aliphatic heterocycles. The Hall–Kier alpha value is -2.97. The number of amides is 1. The fraction of sp³-hybridized carbons (Fsp3) is 0.308. The lowest BCUT2D eigenvalue weighted by molar-refractivity contribution is -0.135. The largest absolute Gasteiger partial charge is 0.480 e. The molecule has 0 bridgehead atoms. The third-order valence-electron chi connectivity index (χ3n) is 3.24. The molecular formula is C13H14N4O5. The molecule has 2 aromatic heterocycles. The number of aliphatic carboxylic acids is 1. The molecule has 2 heterocycles. The number of carbonyl (C=O) groups is 2. The van der Waals surface area contributed by atoms with E-state index in [1.165, 1.54) is 20.2 Å². The predicted octanol–water partition coefficient (Wildman–Crippen LogP) is -1.24. The van der Waals surface area contributed by atoms with E-state index in [4.69, 9.17) is 5.11 Å². The lowest BCUT2D eigenvalue weighted by atomic mass is 10.1. The summed E-state index contributed by atoms with van der Waals surface area (Å²) in [6.07, 6.45) is 0. The van der Waals surface area contributed by atoms with Crippen LogP contribution in [0, 0.1) is 6.92 Å². The Morgan fingerprint density at radius 3 is 2.50 bits per heavy atom. The molecule has 2 rings (SSSR count). The van der Waals surface area contributed by atoms with Gasteiger partial charge >= 0.3 is 11.7 Å². The quantitative estimate of drug-likeness (QED) is 0.730. The van der Waals surface area contributed by atoms with Gasteiger partial charge in [0.25, 0.3) is 11.5 Å². The Morgan fingerprint density at radius 2 is 1.91 bits per heavy atom. The summed E-state index contributed by atoms with van der Waals surface area (Å²) in [5.41, 5.74) is -0.571. The van der Waals surface area contributed by atoms with E-state index in [-0.39, 0.29) is 16.7 Å². The van der Waals surface area contributed by atoms with Crippen molar-refractivity contribution in [3.63, 3.8) is 0 Å². The number of carboxylic acid groups (broad SMARTS) is 1. The molecule has 0 aliphatic rings. The summed E-state index contributed by atoms with van der Waals surface area (Å²) in [4.78, 5) is 50.4. The lowest BCUT2D eigenvalue weighted by Gasteiger charge is -2.10. The highest BCUT2D eigenvalue weighted by molar-refractivity contribution is 5.96. The number of hydrogen-bond donors (Lipinski definition) is 2. The van der Waals surface area contributed by atoms with E-state index in [0.717, 1.165) is 9.13 Å². The number of nitrogens with one attached hydrogen (secondary N) is 1. The van der Waals surface area contributed by atoms with E-state index < -0.39 is 29.7 Å². The van der Waals surface area contributed by atoms with E-state index in [2.05, 4.69) is 10.3 Å². The van der Waals surface area contributed by atoms with Gasteiger partial charge in [0.05, 0.1) is 5.39 Å². The SMILES string of the molecule is Cc1cc(C(=O)NCC(=O)O)nc2c1c(=O)n(C)c(=O)n2C. The highest BCUT2D eigenvalue weighted by Gasteiger charge is 2.16. The number of fused-ring (bicyclic) bond motifs is 1. The zero-order chi connectivity index (χ0) is 16.6. The second-order valence-corrected chi connectivity index (χ2v) is 4.81. The normalized spacial score (nSPS) is 10.7. The monoisotopic (exact) mass is 306 g/mol. The van der Waals surface area contributed by atoms with Gasteiger partial charge < -0.3 is 10.4 Å². The summed E-state index contributed by atoms with van der Waals surface area (Å²) >= 11 is 0. The van der Waals surface area contributed by atoms with Gasteiger partial charge in [-0.25, -0.2) is 9.78 Å². The number of carboxylic acids is 1. The Balaban J connectivity index is 2.68. The van der Waals surface area contributed by atoms with Gasteiger partial charge in [-0.3, -0.25) is 23.5 Å². The van der Waals surface area contributed by atoms with Crippen LogP contribution in [-0.4, -0.2) is 37.6 Å². The van der Waals surface area contributed by atoms with Crippen molar-refractivity contribution in [2.75, 3.05) is 6.54 Å². The van der Waals surface area contributed by atoms with Crippen LogP contribution in [0.2, 0.25) is 0 Å². The number of aryl methyl sites for hydroxylation is 2. The van der Waals surface area contributed by atoms with Gasteiger partial charge in [-0.2, -0.15) is 0 Å². The van der Waals surface area contributed by atoms with E-state index in [0.29, 0.717) is 5.56 Å². The predicted molar refractivity (Wildman–Crippen MR) is 76.9 cm³/mol. The summed E-state index contributed by atoms with van der Waals surface area (Å²) in [6, 6.07) is 1.38. The summed E-state index contributed by atoms with van der Waals surface area (Å²) < 4.78 is 2.12. The number of nitrogens with zero attached hydrogens (tertiary/aromatic N) is 3. The van der Waals surface area contributed by atoms with Crippen LogP contribution < -0.4 is 16.6 Å². The standard InChI is InChI=1S/C13H14N4O5/c1-6-4-7(11(20)14-5-8(18)19)15-10-9(6)12(21)17(3)13(22)16(10)2/h4H,5H2,1-3H3,(H,14,20)(H,18,19). The third kappa shape index (κ3) is 2.48. The average Bonchev–Trinajstić information content (AvgIpc) is 2.47. The maximum Gasteiger partial charge on any atom is 0.332 e. The minimum atomic E-state index is -1.19. The second-order valence-electron chi connectivity index (χ2n) is 4.81. The molecule has 9 heteroatoms. The van der Waals surface area contributed by atoms with Crippen LogP contribution in [0.15, 0.2) is 15.7 Å². The fourth-order valence-corrected chi connectivity index (χ4v) is 2.10. The van der Waals surface area contributed by atoms with Crippen LogP contribution in [0.5, 0.6) is 0 Å². The number of rotatable bonds is 3. The van der Waals surface area contributed by atoms with Gasteiger partial charge in [-0.15, -0.1) is 0 Å². The van der Waals surface area contributed by atoms with Gasteiger partial charge in [0.1, 0.15) is 17.9 Å². The molecule has 0 saturated carbocycles. The Kier molecular flexibility index (Phi) is 3.81. The molecule has 0 saturated heterocycles. The van der Waals surface area contributed by atoms with E-state index in [1.54, 1.807) is 6.92 Å². The lowest BCUT2D eigenvalue weighted by Crippen LogP contribution is -2.38. The zero-order valence-corrected chi connectivity index (χ0v) is 12.2. The van der Waals surface area contributed by atoms with Crippen molar-refractivity contribution in [3.05, 3.63) is 38.2 Å². The Morgan fingerprint density at radius 1 is 1.27 bits per heavy atom. The molecule has 0 spiro atoms. The molecule has 116 valence electrons. The first-order valence-corrected chi connectivity index (χ1v) is 6.31. The maximum atomic E-state index is 12.1. The van der Waals surface area contributed by atoms with E-state index >= 15 is 0 Å². The number of pyridine rings is 1. The first-order valence-electron chi connectivity index (χ1n) is 6.31. The minimum Gasteiger partial charge on any atom is -0.480 e. The van der Waals surface area contributed by atoms with Crippen molar-refractivity contribution in [1.29, 1.82) is 0 Å². The molecule has 1 amide bonds. The van der Waals surface area contributed by atoms with Crippen molar-refractivity contribution in [2.24, 2.45) is 14.1 Å². The summed E-state index contributed by atoms with van der Waals surface area (Å²) in [7, 11) is 2.80. The van der Waals surface area contributed by atoms with Crippen molar-refractivity contribution in [3.8, 4) is 0 Å². The first-order chi connectivity index (χ1) is 10.2. The van der Waals surface area contributed by atoms with Crippen LogP contribution in [0.4, 0.5) is 0 Å². The average molecular weight is 306 g/mol. The molecule has 2 N–H and O–H groups in total. The van der Waals surface area contributed by atoms with Crippen molar-refractivity contribution < 1.29 is 14.7 Å². The Bertz CT molecular complexity index is 909. The van der Waals surface area contributed by atoms with E-state index in [9.17, 15) is 19.2 Å². The van der Waals surface area contributed by atoms with Gasteiger partial charge in [0.2, 0.25) is 0 Å². The topological polar surface area (TPSA) is 123 Å². The van der Waals surface area contributed by atoms with Crippen LogP contribution >= 0.6 is 0 Å². The first kappa shape index (κ1) is 15.4. The zero-order valence-electron chi connectivity index (χ0n) is 12.2. The van der Waals surface area contributed by atoms with Crippen LogP contribution in [-0.2, 0) is 18.9 Å². The van der Waals surface area contributed by atoms with Crippen molar-refractivity contribution in [2.45, 2.75) is 6.92 Å². The Labute approximate surface area is 123 Å².